The van der Waals surface area contributed by atoms with E-state index < -0.39 is 39.9 Å². The second kappa shape index (κ2) is 7.54. The highest BCUT2D eigenvalue weighted by Gasteiger charge is 2.58. The molecule has 4 fully saturated rings. The molecule has 29 heavy (non-hydrogen) atoms. The number of benzene rings is 1. The van der Waals surface area contributed by atoms with Crippen LogP contribution in [0.15, 0.2) is 18.2 Å². The molecule has 160 valence electrons. The van der Waals surface area contributed by atoms with Gasteiger partial charge in [-0.15, -0.1) is 0 Å². The number of ether oxygens (including phenoxy) is 2. The fourth-order valence-corrected chi connectivity index (χ4v) is 6.33. The largest absolute Gasteiger partial charge is 0.484 e. The number of carbonyl (C=O) groups is 1. The Bertz CT molecular complexity index is 868. The van der Waals surface area contributed by atoms with Crippen molar-refractivity contribution in [2.75, 3.05) is 12.4 Å². The number of esters is 1. The molecule has 0 aliphatic heterocycles. The first kappa shape index (κ1) is 20.6. The summed E-state index contributed by atoms with van der Waals surface area (Å²) in [6.45, 7) is 1.62. The van der Waals surface area contributed by atoms with Crippen molar-refractivity contribution in [3.63, 3.8) is 0 Å². The fraction of sp³-hybridized carbons (Fsp3) is 0.667. The molecule has 1 N–H and O–H groups in total. The Balaban J connectivity index is 1.52. The first-order valence-electron chi connectivity index (χ1n) is 10.3. The van der Waals surface area contributed by atoms with Gasteiger partial charge in [-0.3, -0.25) is 4.55 Å². The van der Waals surface area contributed by atoms with Gasteiger partial charge in [-0.2, -0.15) is 8.42 Å². The van der Waals surface area contributed by atoms with Crippen molar-refractivity contribution in [2.24, 2.45) is 23.7 Å². The molecule has 0 radical (unpaired) electrons. The number of rotatable bonds is 7. The first-order valence-corrected chi connectivity index (χ1v) is 11.9. The van der Waals surface area contributed by atoms with E-state index in [9.17, 15) is 17.6 Å². The maximum Gasteiger partial charge on any atom is 0.338 e. The molecular weight excluding hydrogens is 399 g/mol. The molecule has 5 rings (SSSR count). The lowest BCUT2D eigenvalue weighted by Crippen LogP contribution is -2.60. The van der Waals surface area contributed by atoms with Gasteiger partial charge < -0.3 is 9.47 Å². The molecule has 0 aromatic heterocycles. The van der Waals surface area contributed by atoms with Crippen LogP contribution in [0.1, 0.15) is 55.8 Å². The van der Waals surface area contributed by atoms with E-state index in [2.05, 4.69) is 6.92 Å². The van der Waals surface area contributed by atoms with Gasteiger partial charge in [0.25, 0.3) is 10.1 Å². The van der Waals surface area contributed by atoms with Gasteiger partial charge in [-0.05, 0) is 80.4 Å². The lowest BCUT2D eigenvalue weighted by molar-refractivity contribution is -0.159. The van der Waals surface area contributed by atoms with Crippen molar-refractivity contribution in [1.82, 2.24) is 0 Å². The van der Waals surface area contributed by atoms with Gasteiger partial charge in [0.2, 0.25) is 0 Å². The Hall–Kier alpha value is -1.67. The van der Waals surface area contributed by atoms with Crippen LogP contribution < -0.4 is 4.74 Å². The highest BCUT2D eigenvalue weighted by Crippen LogP contribution is 2.60. The molecule has 4 saturated carbocycles. The Labute approximate surface area is 170 Å². The zero-order valence-corrected chi connectivity index (χ0v) is 17.3. The molecule has 0 unspecified atom stereocenters. The normalized spacial score (nSPS) is 32.9. The van der Waals surface area contributed by atoms with Crippen LogP contribution in [0.3, 0.4) is 0 Å². The monoisotopic (exact) mass is 426 g/mol. The second-order valence-electron chi connectivity index (χ2n) is 8.78. The van der Waals surface area contributed by atoms with E-state index in [1.54, 1.807) is 0 Å². The summed E-state index contributed by atoms with van der Waals surface area (Å²) in [5, 5.41) is 0. The Morgan fingerprint density at radius 1 is 1.17 bits per heavy atom. The summed E-state index contributed by atoms with van der Waals surface area (Å²) in [5.74, 6) is 0.388. The van der Waals surface area contributed by atoms with Gasteiger partial charge in [-0.25, -0.2) is 9.18 Å². The molecule has 1 aromatic carbocycles. The number of hydrogen-bond donors (Lipinski definition) is 1. The van der Waals surface area contributed by atoms with Crippen molar-refractivity contribution in [1.29, 1.82) is 0 Å². The van der Waals surface area contributed by atoms with E-state index in [4.69, 9.17) is 14.0 Å². The van der Waals surface area contributed by atoms with E-state index in [1.807, 2.05) is 0 Å². The maximum atomic E-state index is 14.6. The molecule has 8 heteroatoms. The summed E-state index contributed by atoms with van der Waals surface area (Å²) >= 11 is 0. The number of halogens is 1. The van der Waals surface area contributed by atoms with Crippen LogP contribution in [0, 0.1) is 29.5 Å². The van der Waals surface area contributed by atoms with E-state index >= 15 is 0 Å². The molecule has 6 nitrogen and oxygen atoms in total. The van der Waals surface area contributed by atoms with Gasteiger partial charge in [0.15, 0.2) is 11.6 Å². The maximum absolute atomic E-state index is 14.6. The van der Waals surface area contributed by atoms with Crippen LogP contribution in [0.5, 0.6) is 5.75 Å². The van der Waals surface area contributed by atoms with Crippen molar-refractivity contribution in [3.8, 4) is 5.75 Å². The van der Waals surface area contributed by atoms with Crippen LogP contribution in [-0.4, -0.2) is 36.9 Å². The Morgan fingerprint density at radius 3 is 2.34 bits per heavy atom. The summed E-state index contributed by atoms with van der Waals surface area (Å²) < 4.78 is 56.1. The number of carbonyl (C=O) groups excluding carboxylic acids is 1. The first-order chi connectivity index (χ1) is 13.7. The SMILES string of the molecule is CCC1(Oc2cc(C(=O)OCCS(=O)(=O)O)ccc2F)C2CC3CC(C2)CC1C3. The molecule has 0 saturated heterocycles. The summed E-state index contributed by atoms with van der Waals surface area (Å²) in [6, 6.07) is 3.80. The van der Waals surface area contributed by atoms with Crippen molar-refractivity contribution in [2.45, 2.75) is 51.0 Å². The van der Waals surface area contributed by atoms with Crippen LogP contribution >= 0.6 is 0 Å². The lowest BCUT2D eigenvalue weighted by Gasteiger charge is -2.60. The van der Waals surface area contributed by atoms with Crippen LogP contribution in [0.2, 0.25) is 0 Å². The molecule has 0 heterocycles. The molecule has 0 amide bonds. The second-order valence-corrected chi connectivity index (χ2v) is 10.4. The van der Waals surface area contributed by atoms with Gasteiger partial charge in [0.05, 0.1) is 5.56 Å². The molecule has 4 aliphatic carbocycles. The average molecular weight is 427 g/mol. The smallest absolute Gasteiger partial charge is 0.338 e. The zero-order chi connectivity index (χ0) is 20.8. The van der Waals surface area contributed by atoms with Crippen LogP contribution in [-0.2, 0) is 14.9 Å². The van der Waals surface area contributed by atoms with Crippen LogP contribution in [0.4, 0.5) is 4.39 Å². The summed E-state index contributed by atoms with van der Waals surface area (Å²) in [7, 11) is -4.22. The molecule has 4 bridgehead atoms. The summed E-state index contributed by atoms with van der Waals surface area (Å²) in [6.07, 6.45) is 6.61. The molecular formula is C21H27FO6S. The van der Waals surface area contributed by atoms with Gasteiger partial charge >= 0.3 is 5.97 Å². The predicted molar refractivity (Wildman–Crippen MR) is 104 cm³/mol. The van der Waals surface area contributed by atoms with Crippen molar-refractivity contribution in [3.05, 3.63) is 29.6 Å². The van der Waals surface area contributed by atoms with Gasteiger partial charge in [0.1, 0.15) is 18.0 Å². The molecule has 4 aliphatic rings. The predicted octanol–water partition coefficient (Wildman–Crippen LogP) is 3.85. The number of hydrogen-bond acceptors (Lipinski definition) is 5. The molecule has 0 atom stereocenters. The van der Waals surface area contributed by atoms with E-state index in [0.29, 0.717) is 11.8 Å². The Kier molecular flexibility index (Phi) is 5.36. The summed E-state index contributed by atoms with van der Waals surface area (Å²) in [5.41, 5.74) is -0.311. The highest BCUT2D eigenvalue weighted by atomic mass is 32.2. The minimum absolute atomic E-state index is 0.0450. The van der Waals surface area contributed by atoms with Crippen molar-refractivity contribution < 1.29 is 31.6 Å². The van der Waals surface area contributed by atoms with Crippen LogP contribution in [0.25, 0.3) is 0 Å². The topological polar surface area (TPSA) is 89.9 Å². The van der Waals surface area contributed by atoms with Crippen molar-refractivity contribution >= 4 is 16.1 Å². The third kappa shape index (κ3) is 4.01. The fourth-order valence-electron chi connectivity index (χ4n) is 6.03. The minimum atomic E-state index is -4.22. The third-order valence-electron chi connectivity index (χ3n) is 7.11. The molecule has 1 aromatic rings. The van der Waals surface area contributed by atoms with E-state index in [-0.39, 0.29) is 11.3 Å². The minimum Gasteiger partial charge on any atom is -0.484 e. The van der Waals surface area contributed by atoms with E-state index in [0.717, 1.165) is 43.9 Å². The standard InChI is InChI=1S/C21H27FO6S/c1-2-21(16-8-13-7-14(10-16)11-17(21)9-13)28-19-12-15(3-4-18(19)22)20(23)27-5-6-29(24,25)26/h3-4,12-14,16-17H,2,5-11H2,1H3,(H,24,25,26). The van der Waals surface area contributed by atoms with E-state index in [1.165, 1.54) is 24.6 Å². The molecule has 0 spiro atoms. The summed E-state index contributed by atoms with van der Waals surface area (Å²) in [4.78, 5) is 12.2. The average Bonchev–Trinajstić information content (AvgIpc) is 2.64. The zero-order valence-electron chi connectivity index (χ0n) is 16.5. The van der Waals surface area contributed by atoms with Gasteiger partial charge in [0, 0.05) is 0 Å². The highest BCUT2D eigenvalue weighted by molar-refractivity contribution is 7.85. The quantitative estimate of drug-likeness (QED) is 0.526. The Morgan fingerprint density at radius 2 is 1.79 bits per heavy atom. The third-order valence-corrected chi connectivity index (χ3v) is 7.80. The van der Waals surface area contributed by atoms with Gasteiger partial charge in [-0.1, -0.05) is 6.92 Å². The lowest BCUT2D eigenvalue weighted by atomic mass is 9.49.